The van der Waals surface area contributed by atoms with Crippen molar-refractivity contribution < 1.29 is 18.7 Å². The molecule has 0 unspecified atom stereocenters. The van der Waals surface area contributed by atoms with E-state index in [-0.39, 0.29) is 0 Å². The number of halogens is 1. The van der Waals surface area contributed by atoms with E-state index in [2.05, 4.69) is 0 Å². The highest BCUT2D eigenvalue weighted by Gasteiger charge is 2.38. The number of rotatable bonds is 6. The first-order valence-electron chi connectivity index (χ1n) is 6.48. The van der Waals surface area contributed by atoms with Gasteiger partial charge in [0.2, 0.25) is 0 Å². The standard InChI is InChI=1S/C15H16FNO3/c1-2-20-9-5-6-11(10-16)17-14(18)12-7-3-4-8-13(12)15(17)19/h3-8,11H,2,9-10H2,1H3/b6-5+/t11-/m0/s1. The number of fused-ring (bicyclic) bond motifs is 1. The molecule has 0 aromatic heterocycles. The minimum absolute atomic E-state index is 0.328. The van der Waals surface area contributed by atoms with Crippen molar-refractivity contribution in [2.75, 3.05) is 19.9 Å². The lowest BCUT2D eigenvalue weighted by Gasteiger charge is -2.20. The topological polar surface area (TPSA) is 46.6 Å². The molecular weight excluding hydrogens is 261 g/mol. The molecule has 0 radical (unpaired) electrons. The van der Waals surface area contributed by atoms with Crippen LogP contribution in [0.4, 0.5) is 4.39 Å². The number of ether oxygens (including phenoxy) is 1. The van der Waals surface area contributed by atoms with E-state index in [1.807, 2.05) is 6.92 Å². The Morgan fingerprint density at radius 3 is 2.35 bits per heavy atom. The van der Waals surface area contributed by atoms with Crippen LogP contribution in [0.5, 0.6) is 0 Å². The SMILES string of the molecule is CCOC/C=C/[C@@H](CF)N1C(=O)c2ccccc2C1=O. The minimum atomic E-state index is -0.886. The number of hydrogen-bond acceptors (Lipinski definition) is 3. The number of carbonyl (C=O) groups is 2. The van der Waals surface area contributed by atoms with Gasteiger partial charge in [-0.2, -0.15) is 0 Å². The number of carbonyl (C=O) groups excluding carboxylic acids is 2. The molecule has 1 aromatic rings. The fraction of sp³-hybridized carbons (Fsp3) is 0.333. The molecule has 1 atom stereocenters. The van der Waals surface area contributed by atoms with Crippen molar-refractivity contribution >= 4 is 11.8 Å². The van der Waals surface area contributed by atoms with Gasteiger partial charge in [0.25, 0.3) is 11.8 Å². The third-order valence-corrected chi connectivity index (χ3v) is 3.09. The van der Waals surface area contributed by atoms with E-state index in [1.165, 1.54) is 6.08 Å². The van der Waals surface area contributed by atoms with Gasteiger partial charge in [0.05, 0.1) is 23.8 Å². The summed E-state index contributed by atoms with van der Waals surface area (Å²) in [6.07, 6.45) is 3.12. The largest absolute Gasteiger partial charge is 0.378 e. The molecule has 2 rings (SSSR count). The van der Waals surface area contributed by atoms with Crippen molar-refractivity contribution in [3.05, 3.63) is 47.5 Å². The summed E-state index contributed by atoms with van der Waals surface area (Å²) in [5, 5.41) is 0. The molecule has 0 fully saturated rings. The molecule has 0 bridgehead atoms. The fourth-order valence-corrected chi connectivity index (χ4v) is 2.11. The Hall–Kier alpha value is -2.01. The van der Waals surface area contributed by atoms with E-state index in [0.29, 0.717) is 24.3 Å². The van der Waals surface area contributed by atoms with Crippen LogP contribution in [-0.4, -0.2) is 42.6 Å². The van der Waals surface area contributed by atoms with Crippen LogP contribution in [0.3, 0.4) is 0 Å². The van der Waals surface area contributed by atoms with Crippen LogP contribution in [-0.2, 0) is 4.74 Å². The lowest BCUT2D eigenvalue weighted by Crippen LogP contribution is -2.40. The van der Waals surface area contributed by atoms with E-state index in [0.717, 1.165) is 4.90 Å². The zero-order valence-electron chi connectivity index (χ0n) is 11.2. The molecule has 0 aliphatic carbocycles. The molecule has 4 nitrogen and oxygen atoms in total. The summed E-state index contributed by atoms with van der Waals surface area (Å²) in [5.41, 5.74) is 0.656. The van der Waals surface area contributed by atoms with Crippen LogP contribution in [0.15, 0.2) is 36.4 Å². The maximum absolute atomic E-state index is 13.2. The van der Waals surface area contributed by atoms with E-state index < -0.39 is 24.5 Å². The smallest absolute Gasteiger partial charge is 0.262 e. The van der Waals surface area contributed by atoms with Gasteiger partial charge in [0.1, 0.15) is 6.67 Å². The zero-order valence-corrected chi connectivity index (χ0v) is 11.2. The van der Waals surface area contributed by atoms with Crippen molar-refractivity contribution in [3.63, 3.8) is 0 Å². The average molecular weight is 277 g/mol. The zero-order chi connectivity index (χ0) is 14.5. The summed E-state index contributed by atoms with van der Waals surface area (Å²) in [6.45, 7) is 1.92. The highest BCUT2D eigenvalue weighted by Crippen LogP contribution is 2.25. The van der Waals surface area contributed by atoms with Gasteiger partial charge in [-0.3, -0.25) is 14.5 Å². The number of hydrogen-bond donors (Lipinski definition) is 0. The molecule has 20 heavy (non-hydrogen) atoms. The van der Waals surface area contributed by atoms with Crippen LogP contribution < -0.4 is 0 Å². The van der Waals surface area contributed by atoms with Gasteiger partial charge in [0.15, 0.2) is 0 Å². The molecule has 0 spiro atoms. The van der Waals surface area contributed by atoms with Crippen molar-refractivity contribution in [2.24, 2.45) is 0 Å². The summed E-state index contributed by atoms with van der Waals surface area (Å²) in [7, 11) is 0. The Morgan fingerprint density at radius 2 is 1.85 bits per heavy atom. The van der Waals surface area contributed by atoms with Crippen LogP contribution in [0.2, 0.25) is 0 Å². The molecule has 1 aromatic carbocycles. The molecule has 0 N–H and O–H groups in total. The van der Waals surface area contributed by atoms with Gasteiger partial charge in [-0.1, -0.05) is 24.3 Å². The lowest BCUT2D eigenvalue weighted by atomic mass is 10.1. The fourth-order valence-electron chi connectivity index (χ4n) is 2.11. The molecule has 1 aliphatic heterocycles. The molecule has 1 heterocycles. The maximum atomic E-state index is 13.2. The van der Waals surface area contributed by atoms with Gasteiger partial charge in [-0.15, -0.1) is 0 Å². The Bertz CT molecular complexity index is 507. The Kier molecular flexibility index (Phi) is 4.63. The Morgan fingerprint density at radius 1 is 1.25 bits per heavy atom. The molecule has 0 saturated heterocycles. The van der Waals surface area contributed by atoms with Crippen LogP contribution in [0.1, 0.15) is 27.6 Å². The molecule has 0 saturated carbocycles. The van der Waals surface area contributed by atoms with E-state index in [1.54, 1.807) is 30.3 Å². The first kappa shape index (κ1) is 14.4. The molecular formula is C15H16FNO3. The van der Waals surface area contributed by atoms with Crippen molar-refractivity contribution in [2.45, 2.75) is 13.0 Å². The van der Waals surface area contributed by atoms with Gasteiger partial charge in [-0.05, 0) is 19.1 Å². The van der Waals surface area contributed by atoms with Crippen LogP contribution >= 0.6 is 0 Å². The van der Waals surface area contributed by atoms with E-state index in [4.69, 9.17) is 4.74 Å². The number of imide groups is 1. The quantitative estimate of drug-likeness (QED) is 0.455. The minimum Gasteiger partial charge on any atom is -0.378 e. The summed E-state index contributed by atoms with van der Waals surface area (Å²) in [5.74, 6) is -0.899. The molecule has 1 aliphatic rings. The first-order valence-corrected chi connectivity index (χ1v) is 6.48. The predicted octanol–water partition coefficient (Wildman–Crippen LogP) is 2.21. The second-order valence-corrected chi connectivity index (χ2v) is 4.34. The normalized spacial score (nSPS) is 16.0. The molecule has 2 amide bonds. The number of amides is 2. The monoisotopic (exact) mass is 277 g/mol. The van der Waals surface area contributed by atoms with Gasteiger partial charge < -0.3 is 4.74 Å². The van der Waals surface area contributed by atoms with Crippen molar-refractivity contribution in [1.82, 2.24) is 4.90 Å². The summed E-state index contributed by atoms with van der Waals surface area (Å²) in [6, 6.07) is 5.64. The third kappa shape index (κ3) is 2.63. The van der Waals surface area contributed by atoms with Gasteiger partial charge >= 0.3 is 0 Å². The van der Waals surface area contributed by atoms with E-state index in [9.17, 15) is 14.0 Å². The van der Waals surface area contributed by atoms with Gasteiger partial charge in [0, 0.05) is 6.61 Å². The summed E-state index contributed by atoms with van der Waals surface area (Å²) >= 11 is 0. The van der Waals surface area contributed by atoms with Crippen LogP contribution in [0.25, 0.3) is 0 Å². The Labute approximate surface area is 116 Å². The molecule has 5 heteroatoms. The second kappa shape index (κ2) is 6.43. The predicted molar refractivity (Wildman–Crippen MR) is 72.3 cm³/mol. The molecule has 106 valence electrons. The maximum Gasteiger partial charge on any atom is 0.262 e. The highest BCUT2D eigenvalue weighted by atomic mass is 19.1. The van der Waals surface area contributed by atoms with Crippen molar-refractivity contribution in [3.8, 4) is 0 Å². The second-order valence-electron chi connectivity index (χ2n) is 4.34. The average Bonchev–Trinajstić information content (AvgIpc) is 2.73. The summed E-state index contributed by atoms with van der Waals surface area (Å²) in [4.78, 5) is 25.3. The lowest BCUT2D eigenvalue weighted by molar-refractivity contribution is 0.0595. The number of benzene rings is 1. The highest BCUT2D eigenvalue weighted by molar-refractivity contribution is 6.21. The number of alkyl halides is 1. The first-order chi connectivity index (χ1) is 9.70. The van der Waals surface area contributed by atoms with Crippen LogP contribution in [0, 0.1) is 0 Å². The van der Waals surface area contributed by atoms with E-state index >= 15 is 0 Å². The third-order valence-electron chi connectivity index (χ3n) is 3.09. The Balaban J connectivity index is 2.18. The number of nitrogens with zero attached hydrogens (tertiary/aromatic N) is 1. The van der Waals surface area contributed by atoms with Gasteiger partial charge in [-0.25, -0.2) is 4.39 Å². The van der Waals surface area contributed by atoms with Crippen molar-refractivity contribution in [1.29, 1.82) is 0 Å². The summed E-state index contributed by atoms with van der Waals surface area (Å²) < 4.78 is 18.3.